The van der Waals surface area contributed by atoms with E-state index in [-0.39, 0.29) is 0 Å². The fourth-order valence-corrected chi connectivity index (χ4v) is 2.09. The molecule has 0 radical (unpaired) electrons. The van der Waals surface area contributed by atoms with Gasteiger partial charge in [0.15, 0.2) is 4.60 Å². The minimum Gasteiger partial charge on any atom is -0.383 e. The lowest BCUT2D eigenvalue weighted by molar-refractivity contribution is 0.185. The molecular formula is C9H9BrClN3O. The molecule has 0 aliphatic rings. The van der Waals surface area contributed by atoms with E-state index in [1.165, 1.54) is 0 Å². The number of ether oxygens (including phenoxy) is 1. The monoisotopic (exact) mass is 289 g/mol. The van der Waals surface area contributed by atoms with E-state index in [1.54, 1.807) is 24.1 Å². The first-order chi connectivity index (χ1) is 7.24. The lowest BCUT2D eigenvalue weighted by atomic mass is 10.4. The summed E-state index contributed by atoms with van der Waals surface area (Å²) < 4.78 is 7.50. The third-order valence-electron chi connectivity index (χ3n) is 2.04. The molecular weight excluding hydrogens is 281 g/mol. The Morgan fingerprint density at radius 1 is 1.60 bits per heavy atom. The Hall–Kier alpha value is -0.650. The molecule has 15 heavy (non-hydrogen) atoms. The lowest BCUT2D eigenvalue weighted by Crippen LogP contribution is -2.05. The average Bonchev–Trinajstić information content (AvgIpc) is 2.55. The van der Waals surface area contributed by atoms with Crippen LogP contribution in [0.5, 0.6) is 0 Å². The molecule has 2 aromatic heterocycles. The summed E-state index contributed by atoms with van der Waals surface area (Å²) in [6.07, 6.45) is 1.66. The van der Waals surface area contributed by atoms with Crippen molar-refractivity contribution in [2.24, 2.45) is 0 Å². The molecule has 0 fully saturated rings. The summed E-state index contributed by atoms with van der Waals surface area (Å²) in [6.45, 7) is 1.25. The van der Waals surface area contributed by atoms with Gasteiger partial charge in [-0.2, -0.15) is 5.10 Å². The van der Waals surface area contributed by atoms with Crippen molar-refractivity contribution >= 4 is 38.6 Å². The molecule has 0 amide bonds. The van der Waals surface area contributed by atoms with Gasteiger partial charge in [-0.05, 0) is 22.0 Å². The smallest absolute Gasteiger partial charge is 0.154 e. The minimum absolute atomic E-state index is 0.592. The van der Waals surface area contributed by atoms with Crippen molar-refractivity contribution in [1.29, 1.82) is 0 Å². The van der Waals surface area contributed by atoms with E-state index in [2.05, 4.69) is 26.0 Å². The van der Waals surface area contributed by atoms with E-state index in [0.29, 0.717) is 22.8 Å². The van der Waals surface area contributed by atoms with Crippen molar-refractivity contribution in [3.8, 4) is 0 Å². The van der Waals surface area contributed by atoms with Crippen LogP contribution in [0.3, 0.4) is 0 Å². The van der Waals surface area contributed by atoms with Crippen LogP contribution in [0.2, 0.25) is 5.02 Å². The van der Waals surface area contributed by atoms with Gasteiger partial charge in [0.2, 0.25) is 0 Å². The zero-order chi connectivity index (χ0) is 10.8. The Balaban J connectivity index is 2.54. The van der Waals surface area contributed by atoms with E-state index < -0.39 is 0 Å². The Labute approximate surface area is 100 Å². The van der Waals surface area contributed by atoms with Gasteiger partial charge in [-0.3, -0.25) is 9.67 Å². The van der Waals surface area contributed by atoms with Gasteiger partial charge < -0.3 is 4.74 Å². The van der Waals surface area contributed by atoms with Crippen LogP contribution in [0, 0.1) is 0 Å². The van der Waals surface area contributed by atoms with Crippen molar-refractivity contribution in [3.63, 3.8) is 0 Å². The van der Waals surface area contributed by atoms with Crippen LogP contribution in [-0.2, 0) is 11.3 Å². The van der Waals surface area contributed by atoms with Crippen molar-refractivity contribution < 1.29 is 4.74 Å². The summed E-state index contributed by atoms with van der Waals surface area (Å²) in [4.78, 5) is 4.21. The second kappa shape index (κ2) is 4.47. The highest BCUT2D eigenvalue weighted by atomic mass is 79.9. The van der Waals surface area contributed by atoms with Crippen molar-refractivity contribution in [3.05, 3.63) is 21.9 Å². The van der Waals surface area contributed by atoms with Crippen LogP contribution < -0.4 is 0 Å². The maximum Gasteiger partial charge on any atom is 0.154 e. The number of rotatable bonds is 3. The number of fused-ring (bicyclic) bond motifs is 1. The SMILES string of the molecule is COCCn1nc(Br)c2nccc(Cl)c21. The van der Waals surface area contributed by atoms with Crippen LogP contribution in [0.1, 0.15) is 0 Å². The molecule has 80 valence electrons. The van der Waals surface area contributed by atoms with Crippen molar-refractivity contribution in [2.75, 3.05) is 13.7 Å². The van der Waals surface area contributed by atoms with Gasteiger partial charge in [-0.25, -0.2) is 0 Å². The first kappa shape index (κ1) is 10.9. The largest absolute Gasteiger partial charge is 0.383 e. The molecule has 2 aromatic rings. The van der Waals surface area contributed by atoms with Gasteiger partial charge in [0.25, 0.3) is 0 Å². The molecule has 4 nitrogen and oxygen atoms in total. The molecule has 0 saturated heterocycles. The Kier molecular flexibility index (Phi) is 3.23. The van der Waals surface area contributed by atoms with E-state index in [9.17, 15) is 0 Å². The van der Waals surface area contributed by atoms with E-state index in [4.69, 9.17) is 16.3 Å². The predicted octanol–water partition coefficient (Wildman–Crippen LogP) is 2.49. The highest BCUT2D eigenvalue weighted by Gasteiger charge is 2.12. The topological polar surface area (TPSA) is 39.9 Å². The third-order valence-corrected chi connectivity index (χ3v) is 2.88. The van der Waals surface area contributed by atoms with Gasteiger partial charge in [0.1, 0.15) is 11.0 Å². The molecule has 0 saturated carbocycles. The number of halogens is 2. The molecule has 0 atom stereocenters. The Bertz CT molecular complexity index is 485. The number of pyridine rings is 1. The van der Waals surface area contributed by atoms with Gasteiger partial charge in [0, 0.05) is 13.3 Å². The molecule has 0 bridgehead atoms. The summed E-state index contributed by atoms with van der Waals surface area (Å²) >= 11 is 9.44. The number of nitrogens with zero attached hydrogens (tertiary/aromatic N) is 3. The fourth-order valence-electron chi connectivity index (χ4n) is 1.37. The highest BCUT2D eigenvalue weighted by molar-refractivity contribution is 9.10. The first-order valence-electron chi connectivity index (χ1n) is 4.39. The minimum atomic E-state index is 0.592. The first-order valence-corrected chi connectivity index (χ1v) is 5.56. The normalized spacial score (nSPS) is 11.1. The summed E-state index contributed by atoms with van der Waals surface area (Å²) in [5.41, 5.74) is 1.61. The summed E-state index contributed by atoms with van der Waals surface area (Å²) in [5, 5.41) is 4.94. The maximum absolute atomic E-state index is 6.09. The predicted molar refractivity (Wildman–Crippen MR) is 62.1 cm³/mol. The number of hydrogen-bond donors (Lipinski definition) is 0. The standard InChI is InChI=1S/C9H9BrClN3O/c1-15-5-4-14-8-6(11)2-3-12-7(8)9(10)13-14/h2-3H,4-5H2,1H3. The number of aromatic nitrogens is 3. The average molecular weight is 291 g/mol. The molecule has 0 aromatic carbocycles. The maximum atomic E-state index is 6.09. The van der Waals surface area contributed by atoms with Gasteiger partial charge in [0.05, 0.1) is 18.2 Å². The van der Waals surface area contributed by atoms with Crippen LogP contribution in [0.4, 0.5) is 0 Å². The van der Waals surface area contributed by atoms with Crippen LogP contribution >= 0.6 is 27.5 Å². The van der Waals surface area contributed by atoms with Crippen LogP contribution in [-0.4, -0.2) is 28.5 Å². The van der Waals surface area contributed by atoms with E-state index in [1.807, 2.05) is 0 Å². The Morgan fingerprint density at radius 3 is 3.13 bits per heavy atom. The lowest BCUT2D eigenvalue weighted by Gasteiger charge is -2.02. The molecule has 0 N–H and O–H groups in total. The zero-order valence-corrected chi connectivity index (χ0v) is 10.4. The number of hydrogen-bond acceptors (Lipinski definition) is 3. The highest BCUT2D eigenvalue weighted by Crippen LogP contribution is 2.26. The molecule has 0 unspecified atom stereocenters. The molecule has 0 spiro atoms. The van der Waals surface area contributed by atoms with Crippen molar-refractivity contribution in [2.45, 2.75) is 6.54 Å². The van der Waals surface area contributed by atoms with E-state index in [0.717, 1.165) is 11.0 Å². The van der Waals surface area contributed by atoms with Crippen LogP contribution in [0.15, 0.2) is 16.9 Å². The second-order valence-corrected chi connectivity index (χ2v) is 4.16. The molecule has 2 rings (SSSR count). The second-order valence-electron chi connectivity index (χ2n) is 3.00. The van der Waals surface area contributed by atoms with Gasteiger partial charge in [-0.1, -0.05) is 11.6 Å². The van der Waals surface area contributed by atoms with Crippen LogP contribution in [0.25, 0.3) is 11.0 Å². The number of methoxy groups -OCH3 is 1. The van der Waals surface area contributed by atoms with E-state index >= 15 is 0 Å². The quantitative estimate of drug-likeness (QED) is 0.872. The molecule has 0 aliphatic carbocycles. The molecule has 6 heteroatoms. The van der Waals surface area contributed by atoms with Gasteiger partial charge in [-0.15, -0.1) is 0 Å². The van der Waals surface area contributed by atoms with Gasteiger partial charge >= 0.3 is 0 Å². The summed E-state index contributed by atoms with van der Waals surface area (Å²) in [6, 6.07) is 1.75. The summed E-state index contributed by atoms with van der Waals surface area (Å²) in [5.74, 6) is 0. The summed E-state index contributed by atoms with van der Waals surface area (Å²) in [7, 11) is 1.65. The zero-order valence-electron chi connectivity index (χ0n) is 8.07. The van der Waals surface area contributed by atoms with Crippen molar-refractivity contribution in [1.82, 2.24) is 14.8 Å². The molecule has 0 aliphatic heterocycles. The third kappa shape index (κ3) is 2.00. The fraction of sp³-hybridized carbons (Fsp3) is 0.333. The molecule has 2 heterocycles. The Morgan fingerprint density at radius 2 is 2.40 bits per heavy atom.